The fourth-order valence-electron chi connectivity index (χ4n) is 2.02. The third kappa shape index (κ3) is 2.35. The third-order valence-electron chi connectivity index (χ3n) is 2.96. The molecule has 0 fully saturated rings. The molecule has 0 aliphatic carbocycles. The molecule has 0 bridgehead atoms. The molecule has 2 aromatic heterocycles. The molecule has 2 heterocycles. The first-order chi connectivity index (χ1) is 9.99. The lowest BCUT2D eigenvalue weighted by atomic mass is 10.0. The summed E-state index contributed by atoms with van der Waals surface area (Å²) >= 11 is 1.33. The number of nitrogens with zero attached hydrogens (tertiary/aromatic N) is 4. The van der Waals surface area contributed by atoms with E-state index >= 15 is 0 Å². The summed E-state index contributed by atoms with van der Waals surface area (Å²) in [5.41, 5.74) is 0.256. The first-order valence-electron chi connectivity index (χ1n) is 5.92. The molecule has 21 heavy (non-hydrogen) atoms. The Morgan fingerprint density at radius 1 is 1.10 bits per heavy atom. The molecule has 0 aliphatic heterocycles. The Bertz CT molecular complexity index is 824. The maximum absolute atomic E-state index is 13.9. The van der Waals surface area contributed by atoms with Gasteiger partial charge in [0.2, 0.25) is 5.16 Å². The van der Waals surface area contributed by atoms with Gasteiger partial charge in [0.05, 0.1) is 11.3 Å². The van der Waals surface area contributed by atoms with Crippen molar-refractivity contribution in [2.75, 3.05) is 6.26 Å². The van der Waals surface area contributed by atoms with Crippen molar-refractivity contribution in [3.05, 3.63) is 41.5 Å². The van der Waals surface area contributed by atoms with E-state index in [1.54, 1.807) is 6.92 Å². The summed E-state index contributed by atoms with van der Waals surface area (Å²) in [5, 5.41) is 4.62. The Balaban J connectivity index is 2.27. The number of benzene rings is 1. The van der Waals surface area contributed by atoms with Gasteiger partial charge in [-0.2, -0.15) is 4.98 Å². The van der Waals surface area contributed by atoms with Crippen molar-refractivity contribution in [3.63, 3.8) is 0 Å². The molecular formula is C13H9F3N4S. The minimum Gasteiger partial charge on any atom is -0.216 e. The summed E-state index contributed by atoms with van der Waals surface area (Å²) in [6.45, 7) is 1.60. The summed E-state index contributed by atoms with van der Waals surface area (Å²) < 4.78 is 42.1. The van der Waals surface area contributed by atoms with Gasteiger partial charge in [-0.05, 0) is 13.2 Å². The number of aryl methyl sites for hydroxylation is 1. The van der Waals surface area contributed by atoms with Gasteiger partial charge in [0.15, 0.2) is 0 Å². The molecule has 0 radical (unpaired) electrons. The molecule has 0 saturated carbocycles. The van der Waals surface area contributed by atoms with E-state index in [1.807, 2.05) is 6.26 Å². The third-order valence-corrected chi connectivity index (χ3v) is 3.50. The molecular weight excluding hydrogens is 301 g/mol. The maximum atomic E-state index is 13.9. The Labute approximate surface area is 122 Å². The van der Waals surface area contributed by atoms with E-state index < -0.39 is 17.5 Å². The Morgan fingerprint density at radius 2 is 1.76 bits per heavy atom. The normalized spacial score (nSPS) is 11.3. The molecule has 4 nitrogen and oxygen atoms in total. The van der Waals surface area contributed by atoms with Crippen LogP contribution in [0.2, 0.25) is 0 Å². The molecule has 108 valence electrons. The zero-order valence-electron chi connectivity index (χ0n) is 11.1. The lowest BCUT2D eigenvalue weighted by Crippen LogP contribution is -2.00. The fraction of sp³-hybridized carbons (Fsp3) is 0.154. The summed E-state index contributed by atoms with van der Waals surface area (Å²) in [5.74, 6) is -2.60. The van der Waals surface area contributed by atoms with E-state index in [9.17, 15) is 13.2 Å². The predicted octanol–water partition coefficient (Wildman–Crippen LogP) is 3.24. The minimum absolute atomic E-state index is 0.204. The van der Waals surface area contributed by atoms with Crippen molar-refractivity contribution in [3.8, 4) is 11.1 Å². The van der Waals surface area contributed by atoms with Crippen LogP contribution in [0.5, 0.6) is 0 Å². The second-order valence-corrected chi connectivity index (χ2v) is 5.10. The molecule has 0 atom stereocenters. The lowest BCUT2D eigenvalue weighted by molar-refractivity contribution is 0.547. The number of thioether (sulfide) groups is 1. The predicted molar refractivity (Wildman–Crippen MR) is 72.6 cm³/mol. The van der Waals surface area contributed by atoms with Gasteiger partial charge < -0.3 is 0 Å². The first kappa shape index (κ1) is 13.9. The summed E-state index contributed by atoms with van der Waals surface area (Å²) in [7, 11) is 0. The van der Waals surface area contributed by atoms with Crippen molar-refractivity contribution in [2.24, 2.45) is 0 Å². The van der Waals surface area contributed by atoms with E-state index in [4.69, 9.17) is 0 Å². The average molecular weight is 310 g/mol. The van der Waals surface area contributed by atoms with Gasteiger partial charge in [-0.3, -0.25) is 0 Å². The molecule has 8 heteroatoms. The lowest BCUT2D eigenvalue weighted by Gasteiger charge is -2.08. The second-order valence-electron chi connectivity index (χ2n) is 4.33. The van der Waals surface area contributed by atoms with Gasteiger partial charge in [-0.15, -0.1) is 5.10 Å². The van der Waals surface area contributed by atoms with Crippen LogP contribution in [0.1, 0.15) is 5.69 Å². The van der Waals surface area contributed by atoms with Crippen LogP contribution in [0, 0.1) is 24.4 Å². The quantitative estimate of drug-likeness (QED) is 0.682. The molecule has 0 N–H and O–H groups in total. The van der Waals surface area contributed by atoms with E-state index in [0.29, 0.717) is 28.8 Å². The maximum Gasteiger partial charge on any atom is 0.253 e. The SMILES string of the molecule is CSc1nc2nc(C)c(-c3c(F)cc(F)cc3F)cn2n1. The largest absolute Gasteiger partial charge is 0.253 e. The minimum atomic E-state index is -0.984. The van der Waals surface area contributed by atoms with Crippen LogP contribution in [0.15, 0.2) is 23.5 Å². The molecule has 0 amide bonds. The van der Waals surface area contributed by atoms with E-state index in [2.05, 4.69) is 15.1 Å². The van der Waals surface area contributed by atoms with Crippen molar-refractivity contribution in [1.29, 1.82) is 0 Å². The zero-order valence-corrected chi connectivity index (χ0v) is 11.9. The summed E-state index contributed by atoms with van der Waals surface area (Å²) in [4.78, 5) is 8.32. The van der Waals surface area contributed by atoms with Crippen LogP contribution in [0.3, 0.4) is 0 Å². The van der Waals surface area contributed by atoms with Crippen molar-refractivity contribution < 1.29 is 13.2 Å². The monoisotopic (exact) mass is 310 g/mol. The molecule has 0 aliphatic rings. The van der Waals surface area contributed by atoms with Gasteiger partial charge in [-0.1, -0.05) is 11.8 Å². The van der Waals surface area contributed by atoms with Crippen LogP contribution in [-0.2, 0) is 0 Å². The van der Waals surface area contributed by atoms with Crippen LogP contribution < -0.4 is 0 Å². The Morgan fingerprint density at radius 3 is 2.38 bits per heavy atom. The van der Waals surface area contributed by atoms with Crippen molar-refractivity contribution in [2.45, 2.75) is 12.1 Å². The van der Waals surface area contributed by atoms with Crippen molar-refractivity contribution >= 4 is 17.5 Å². The summed E-state index contributed by atoms with van der Waals surface area (Å²) in [6, 6.07) is 1.27. The topological polar surface area (TPSA) is 43.1 Å². The van der Waals surface area contributed by atoms with E-state index in [1.165, 1.54) is 22.5 Å². The van der Waals surface area contributed by atoms with Crippen LogP contribution >= 0.6 is 11.8 Å². The average Bonchev–Trinajstić information content (AvgIpc) is 2.79. The van der Waals surface area contributed by atoms with Crippen LogP contribution in [0.25, 0.3) is 16.9 Å². The van der Waals surface area contributed by atoms with Gasteiger partial charge in [0, 0.05) is 23.9 Å². The number of hydrogen-bond donors (Lipinski definition) is 0. The number of aromatic nitrogens is 4. The van der Waals surface area contributed by atoms with Gasteiger partial charge in [0.1, 0.15) is 17.5 Å². The molecule has 1 aromatic carbocycles. The molecule has 0 saturated heterocycles. The highest BCUT2D eigenvalue weighted by Crippen LogP contribution is 2.29. The van der Waals surface area contributed by atoms with E-state index in [-0.39, 0.29) is 11.1 Å². The van der Waals surface area contributed by atoms with Crippen molar-refractivity contribution in [1.82, 2.24) is 19.6 Å². The fourth-order valence-corrected chi connectivity index (χ4v) is 2.36. The van der Waals surface area contributed by atoms with Gasteiger partial charge in [0.25, 0.3) is 5.78 Å². The molecule has 0 unspecified atom stereocenters. The number of hydrogen-bond acceptors (Lipinski definition) is 4. The Kier molecular flexibility index (Phi) is 3.32. The van der Waals surface area contributed by atoms with E-state index in [0.717, 1.165) is 0 Å². The Hall–Kier alpha value is -2.09. The highest BCUT2D eigenvalue weighted by atomic mass is 32.2. The number of rotatable bonds is 2. The molecule has 0 spiro atoms. The standard InChI is InChI=1S/C13H9F3N4S/c1-6-8(11-9(15)3-7(14)4-10(11)16)5-20-12(17-6)18-13(19-20)21-2/h3-5H,1-2H3. The second kappa shape index (κ2) is 5.03. The smallest absolute Gasteiger partial charge is 0.216 e. The highest BCUT2D eigenvalue weighted by Gasteiger charge is 2.18. The van der Waals surface area contributed by atoms with Crippen LogP contribution in [0.4, 0.5) is 13.2 Å². The first-order valence-corrected chi connectivity index (χ1v) is 7.15. The highest BCUT2D eigenvalue weighted by molar-refractivity contribution is 7.98. The number of fused-ring (bicyclic) bond motifs is 1. The number of halogens is 3. The summed E-state index contributed by atoms with van der Waals surface area (Å²) in [6.07, 6.45) is 3.24. The van der Waals surface area contributed by atoms with Crippen LogP contribution in [-0.4, -0.2) is 25.8 Å². The van der Waals surface area contributed by atoms with Gasteiger partial charge in [-0.25, -0.2) is 22.7 Å². The molecule has 3 rings (SSSR count). The zero-order chi connectivity index (χ0) is 15.1. The molecule has 3 aromatic rings. The van der Waals surface area contributed by atoms with Gasteiger partial charge >= 0.3 is 0 Å².